The summed E-state index contributed by atoms with van der Waals surface area (Å²) < 4.78 is 32.9. The summed E-state index contributed by atoms with van der Waals surface area (Å²) in [5.41, 5.74) is 2.58. The largest absolute Gasteiger partial charge is 0.497 e. The van der Waals surface area contributed by atoms with Gasteiger partial charge in [0.1, 0.15) is 5.75 Å². The van der Waals surface area contributed by atoms with Crippen LogP contribution in [0.15, 0.2) is 83.8 Å². The quantitative estimate of drug-likeness (QED) is 0.574. The van der Waals surface area contributed by atoms with E-state index in [0.717, 1.165) is 16.7 Å². The number of benzene rings is 3. The molecule has 4 nitrogen and oxygen atoms in total. The standard InChI is InChI=1S/C26H23NO3S/c1-22-15-17-26(18-16-22)31(28,29)27(19-7-12-23-9-4-3-5-10-23)20-8-13-24-11-6-14-25(21-24)30-2/h3-6,9-11,14-18,21H,19-20H2,1-2H3. The van der Waals surface area contributed by atoms with E-state index in [1.54, 1.807) is 37.4 Å². The molecular formula is C26H23NO3S. The van der Waals surface area contributed by atoms with Gasteiger partial charge in [-0.3, -0.25) is 0 Å². The second kappa shape index (κ2) is 10.5. The summed E-state index contributed by atoms with van der Waals surface area (Å²) in [6, 6.07) is 23.6. The number of methoxy groups -OCH3 is 1. The molecule has 0 radical (unpaired) electrons. The van der Waals surface area contributed by atoms with Crippen molar-refractivity contribution in [2.45, 2.75) is 11.8 Å². The van der Waals surface area contributed by atoms with Gasteiger partial charge >= 0.3 is 0 Å². The van der Waals surface area contributed by atoms with Gasteiger partial charge in [-0.15, -0.1) is 0 Å². The molecule has 0 aliphatic heterocycles. The zero-order valence-electron chi connectivity index (χ0n) is 17.5. The molecule has 0 aromatic heterocycles. The number of hydrogen-bond acceptors (Lipinski definition) is 3. The predicted octanol–water partition coefficient (Wildman–Crippen LogP) is 4.10. The van der Waals surface area contributed by atoms with Crippen LogP contribution in [0.25, 0.3) is 0 Å². The molecule has 0 spiro atoms. The molecule has 0 saturated carbocycles. The highest BCUT2D eigenvalue weighted by molar-refractivity contribution is 7.89. The van der Waals surface area contributed by atoms with Gasteiger partial charge in [-0.05, 0) is 49.4 Å². The topological polar surface area (TPSA) is 46.6 Å². The van der Waals surface area contributed by atoms with Crippen LogP contribution >= 0.6 is 0 Å². The number of rotatable bonds is 5. The van der Waals surface area contributed by atoms with Crippen molar-refractivity contribution in [2.24, 2.45) is 0 Å². The minimum absolute atomic E-state index is 0.0247. The van der Waals surface area contributed by atoms with Gasteiger partial charge in [-0.1, -0.05) is 65.6 Å². The van der Waals surface area contributed by atoms with E-state index in [1.807, 2.05) is 55.5 Å². The Labute approximate surface area is 184 Å². The Kier molecular flexibility index (Phi) is 7.51. The fourth-order valence-electron chi connectivity index (χ4n) is 2.77. The fourth-order valence-corrected chi connectivity index (χ4v) is 4.01. The molecule has 5 heteroatoms. The smallest absolute Gasteiger partial charge is 0.244 e. The lowest BCUT2D eigenvalue weighted by Gasteiger charge is -2.17. The van der Waals surface area contributed by atoms with Crippen molar-refractivity contribution < 1.29 is 13.2 Å². The van der Waals surface area contributed by atoms with Crippen molar-refractivity contribution in [2.75, 3.05) is 20.2 Å². The maximum Gasteiger partial charge on any atom is 0.244 e. The molecule has 0 heterocycles. The summed E-state index contributed by atoms with van der Waals surface area (Å²) in [5.74, 6) is 12.6. The first-order chi connectivity index (χ1) is 15.0. The molecule has 31 heavy (non-hydrogen) atoms. The molecule has 0 aliphatic rings. The van der Waals surface area contributed by atoms with Crippen LogP contribution in [0, 0.1) is 30.6 Å². The van der Waals surface area contributed by atoms with Crippen LogP contribution < -0.4 is 4.74 Å². The number of sulfonamides is 1. The number of ether oxygens (including phenoxy) is 1. The van der Waals surface area contributed by atoms with E-state index < -0.39 is 10.0 Å². The molecule has 0 fully saturated rings. The highest BCUT2D eigenvalue weighted by Crippen LogP contribution is 2.16. The van der Waals surface area contributed by atoms with Gasteiger partial charge in [0.05, 0.1) is 25.1 Å². The highest BCUT2D eigenvalue weighted by atomic mass is 32.2. The maximum absolute atomic E-state index is 13.2. The van der Waals surface area contributed by atoms with E-state index in [2.05, 4.69) is 23.7 Å². The average molecular weight is 430 g/mol. The summed E-state index contributed by atoms with van der Waals surface area (Å²) in [6.45, 7) is 1.98. The predicted molar refractivity (Wildman–Crippen MR) is 123 cm³/mol. The van der Waals surface area contributed by atoms with Crippen molar-refractivity contribution in [3.63, 3.8) is 0 Å². The van der Waals surface area contributed by atoms with E-state index in [1.165, 1.54) is 4.31 Å². The Morgan fingerprint density at radius 1 is 0.806 bits per heavy atom. The highest BCUT2D eigenvalue weighted by Gasteiger charge is 2.22. The van der Waals surface area contributed by atoms with Gasteiger partial charge < -0.3 is 4.74 Å². The van der Waals surface area contributed by atoms with Crippen LogP contribution in [0.3, 0.4) is 0 Å². The third kappa shape index (κ3) is 6.23. The Balaban J connectivity index is 1.86. The molecule has 3 rings (SSSR count). The Morgan fingerprint density at radius 2 is 1.42 bits per heavy atom. The SMILES string of the molecule is COc1cccc(C#CCN(CC#Cc2ccccc2)S(=O)(=O)c2ccc(C)cc2)c1. The molecule has 0 aliphatic carbocycles. The molecular weight excluding hydrogens is 406 g/mol. The van der Waals surface area contributed by atoms with Crippen LogP contribution in [0.1, 0.15) is 16.7 Å². The van der Waals surface area contributed by atoms with E-state index in [9.17, 15) is 8.42 Å². The lowest BCUT2D eigenvalue weighted by molar-refractivity contribution is 0.414. The monoisotopic (exact) mass is 429 g/mol. The van der Waals surface area contributed by atoms with Crippen LogP contribution in [0.5, 0.6) is 5.75 Å². The molecule has 0 N–H and O–H groups in total. The minimum atomic E-state index is -3.74. The van der Waals surface area contributed by atoms with Crippen LogP contribution in [-0.4, -0.2) is 32.9 Å². The zero-order chi connectivity index (χ0) is 22.1. The van der Waals surface area contributed by atoms with Crippen molar-refractivity contribution in [1.82, 2.24) is 4.31 Å². The fraction of sp³-hybridized carbons (Fsp3) is 0.154. The third-order valence-corrected chi connectivity index (χ3v) is 6.28. The summed E-state index contributed by atoms with van der Waals surface area (Å²) in [4.78, 5) is 0.225. The number of nitrogens with zero attached hydrogens (tertiary/aromatic N) is 1. The Morgan fingerprint density at radius 3 is 2.06 bits per heavy atom. The van der Waals surface area contributed by atoms with Crippen LogP contribution in [0.4, 0.5) is 0 Å². The maximum atomic E-state index is 13.2. The second-order valence-electron chi connectivity index (χ2n) is 6.79. The van der Waals surface area contributed by atoms with Gasteiger partial charge in [0.15, 0.2) is 0 Å². The van der Waals surface area contributed by atoms with Crippen molar-refractivity contribution in [3.05, 3.63) is 95.6 Å². The number of hydrogen-bond donors (Lipinski definition) is 0. The van der Waals surface area contributed by atoms with Crippen molar-refractivity contribution >= 4 is 10.0 Å². The lowest BCUT2D eigenvalue weighted by Crippen LogP contribution is -2.32. The van der Waals surface area contributed by atoms with Crippen molar-refractivity contribution in [3.8, 4) is 29.4 Å². The molecule has 156 valence electrons. The van der Waals surface area contributed by atoms with Crippen LogP contribution in [0.2, 0.25) is 0 Å². The normalized spacial score (nSPS) is 10.5. The molecule has 0 amide bonds. The lowest BCUT2D eigenvalue weighted by atomic mass is 10.2. The summed E-state index contributed by atoms with van der Waals surface area (Å²) in [5, 5.41) is 0. The van der Waals surface area contributed by atoms with E-state index in [-0.39, 0.29) is 18.0 Å². The summed E-state index contributed by atoms with van der Waals surface area (Å²) in [7, 11) is -2.14. The zero-order valence-corrected chi connectivity index (χ0v) is 18.3. The second-order valence-corrected chi connectivity index (χ2v) is 8.73. The van der Waals surface area contributed by atoms with Gasteiger partial charge in [0.25, 0.3) is 0 Å². The van der Waals surface area contributed by atoms with Crippen molar-refractivity contribution in [1.29, 1.82) is 0 Å². The van der Waals surface area contributed by atoms with Gasteiger partial charge in [0.2, 0.25) is 10.0 Å². The molecule has 0 unspecified atom stereocenters. The molecule has 0 bridgehead atoms. The molecule has 3 aromatic rings. The first kappa shape index (κ1) is 22.2. The average Bonchev–Trinajstić information content (AvgIpc) is 2.79. The molecule has 3 aromatic carbocycles. The van der Waals surface area contributed by atoms with Gasteiger partial charge in [-0.2, -0.15) is 4.31 Å². The van der Waals surface area contributed by atoms with Crippen LogP contribution in [-0.2, 0) is 10.0 Å². The minimum Gasteiger partial charge on any atom is -0.497 e. The summed E-state index contributed by atoms with van der Waals surface area (Å²) >= 11 is 0. The summed E-state index contributed by atoms with van der Waals surface area (Å²) in [6.07, 6.45) is 0. The number of aryl methyl sites for hydroxylation is 1. The molecule has 0 saturated heterocycles. The van der Waals surface area contributed by atoms with Gasteiger partial charge in [-0.25, -0.2) is 8.42 Å². The Bertz CT molecular complexity index is 1240. The van der Waals surface area contributed by atoms with E-state index >= 15 is 0 Å². The first-order valence-corrected chi connectivity index (χ1v) is 11.2. The van der Waals surface area contributed by atoms with Gasteiger partial charge in [0, 0.05) is 11.1 Å². The Hall–Kier alpha value is -3.51. The molecule has 0 atom stereocenters. The third-order valence-electron chi connectivity index (χ3n) is 4.48. The van der Waals surface area contributed by atoms with E-state index in [0.29, 0.717) is 5.75 Å². The first-order valence-electron chi connectivity index (χ1n) is 9.73. The van der Waals surface area contributed by atoms with E-state index in [4.69, 9.17) is 4.74 Å².